The molecule has 0 saturated heterocycles. The summed E-state index contributed by atoms with van der Waals surface area (Å²) in [6.07, 6.45) is 6.24. The van der Waals surface area contributed by atoms with Crippen molar-refractivity contribution < 1.29 is 0 Å². The average molecular weight is 193 g/mol. The van der Waals surface area contributed by atoms with Gasteiger partial charge < -0.3 is 5.73 Å². The van der Waals surface area contributed by atoms with Crippen LogP contribution in [0.3, 0.4) is 0 Å². The molecule has 1 aromatic rings. The summed E-state index contributed by atoms with van der Waals surface area (Å²) >= 11 is 0. The van der Waals surface area contributed by atoms with Crippen molar-refractivity contribution in [1.82, 2.24) is 9.78 Å². The van der Waals surface area contributed by atoms with Gasteiger partial charge in [0, 0.05) is 18.4 Å². The first-order valence-corrected chi connectivity index (χ1v) is 5.43. The van der Waals surface area contributed by atoms with Crippen molar-refractivity contribution in [3.8, 4) is 0 Å². The molecule has 1 aromatic heterocycles. The van der Waals surface area contributed by atoms with E-state index in [0.717, 1.165) is 12.3 Å². The summed E-state index contributed by atoms with van der Waals surface area (Å²) in [6, 6.07) is 2.62. The molecule has 0 spiro atoms. The lowest BCUT2D eigenvalue weighted by atomic mass is 9.77. The van der Waals surface area contributed by atoms with Gasteiger partial charge in [-0.15, -0.1) is 0 Å². The van der Waals surface area contributed by atoms with Gasteiger partial charge in [0.05, 0.1) is 6.04 Å². The number of aromatic nitrogens is 2. The molecule has 4 unspecified atom stereocenters. The molecule has 0 aliphatic heterocycles. The Hall–Kier alpha value is -0.830. The fourth-order valence-electron chi connectivity index (χ4n) is 2.81. The van der Waals surface area contributed by atoms with Crippen LogP contribution in [0.25, 0.3) is 0 Å². The minimum absolute atomic E-state index is 0.258. The van der Waals surface area contributed by atoms with Gasteiger partial charge in [-0.3, -0.25) is 4.68 Å². The van der Waals surface area contributed by atoms with Crippen molar-refractivity contribution in [2.45, 2.75) is 38.8 Å². The van der Waals surface area contributed by atoms with E-state index in [1.807, 2.05) is 23.1 Å². The predicted molar refractivity (Wildman–Crippen MR) is 56.8 cm³/mol. The maximum absolute atomic E-state index is 6.19. The smallest absolute Gasteiger partial charge is 0.0695 e. The largest absolute Gasteiger partial charge is 0.326 e. The summed E-state index contributed by atoms with van der Waals surface area (Å²) in [6.45, 7) is 4.57. The zero-order chi connectivity index (χ0) is 10.1. The van der Waals surface area contributed by atoms with E-state index in [9.17, 15) is 0 Å². The summed E-state index contributed by atoms with van der Waals surface area (Å²) in [7, 11) is 0. The van der Waals surface area contributed by atoms with Gasteiger partial charge in [-0.05, 0) is 30.7 Å². The number of hydrogen-bond acceptors (Lipinski definition) is 2. The van der Waals surface area contributed by atoms with Gasteiger partial charge >= 0.3 is 0 Å². The monoisotopic (exact) mass is 193 g/mol. The van der Waals surface area contributed by atoms with Gasteiger partial charge in [0.15, 0.2) is 0 Å². The molecule has 1 heterocycles. The molecule has 2 N–H and O–H groups in total. The Bertz CT molecular complexity index is 269. The summed E-state index contributed by atoms with van der Waals surface area (Å²) in [4.78, 5) is 0. The van der Waals surface area contributed by atoms with Crippen LogP contribution < -0.4 is 5.73 Å². The Morgan fingerprint density at radius 2 is 2.14 bits per heavy atom. The zero-order valence-electron chi connectivity index (χ0n) is 8.93. The molecule has 4 atom stereocenters. The molecule has 0 aromatic carbocycles. The van der Waals surface area contributed by atoms with E-state index >= 15 is 0 Å². The van der Waals surface area contributed by atoms with Gasteiger partial charge in [-0.2, -0.15) is 5.10 Å². The third kappa shape index (κ3) is 1.69. The highest BCUT2D eigenvalue weighted by molar-refractivity contribution is 4.92. The van der Waals surface area contributed by atoms with Crippen molar-refractivity contribution in [2.24, 2.45) is 17.6 Å². The molecule has 2 rings (SSSR count). The van der Waals surface area contributed by atoms with Gasteiger partial charge in [-0.1, -0.05) is 13.8 Å². The highest BCUT2D eigenvalue weighted by Gasteiger charge is 2.33. The van der Waals surface area contributed by atoms with Gasteiger partial charge in [0.1, 0.15) is 0 Å². The van der Waals surface area contributed by atoms with E-state index in [-0.39, 0.29) is 6.04 Å². The van der Waals surface area contributed by atoms with E-state index in [1.54, 1.807) is 0 Å². The van der Waals surface area contributed by atoms with Crippen LogP contribution in [-0.4, -0.2) is 15.8 Å². The van der Waals surface area contributed by atoms with Crippen LogP contribution in [0.1, 0.15) is 32.7 Å². The first-order chi connectivity index (χ1) is 6.68. The van der Waals surface area contributed by atoms with Gasteiger partial charge in [0.25, 0.3) is 0 Å². The van der Waals surface area contributed by atoms with E-state index in [1.165, 1.54) is 6.42 Å². The topological polar surface area (TPSA) is 43.8 Å². The van der Waals surface area contributed by atoms with Crippen molar-refractivity contribution in [1.29, 1.82) is 0 Å². The Kier molecular flexibility index (Phi) is 2.59. The molecule has 0 radical (unpaired) electrons. The molecule has 3 heteroatoms. The van der Waals surface area contributed by atoms with Crippen LogP contribution in [-0.2, 0) is 0 Å². The molecule has 0 bridgehead atoms. The van der Waals surface area contributed by atoms with Crippen LogP contribution >= 0.6 is 0 Å². The number of nitrogens with two attached hydrogens (primary N) is 1. The van der Waals surface area contributed by atoms with Crippen molar-refractivity contribution in [3.05, 3.63) is 18.5 Å². The molecular formula is C11H19N3. The molecule has 0 amide bonds. The third-order valence-electron chi connectivity index (χ3n) is 3.30. The van der Waals surface area contributed by atoms with Crippen LogP contribution in [0.15, 0.2) is 18.5 Å². The molecule has 78 valence electrons. The molecule has 1 saturated carbocycles. The van der Waals surface area contributed by atoms with Crippen LogP contribution in [0.4, 0.5) is 0 Å². The number of rotatable bonds is 1. The Balaban J connectivity index is 2.18. The predicted octanol–water partition coefficient (Wildman–Crippen LogP) is 1.82. The standard InChI is InChI=1S/C11H19N3/c1-8-6-9(2)11(10(12)7-8)14-5-3-4-13-14/h3-5,8-11H,6-7,12H2,1-2H3. The minimum atomic E-state index is 0.258. The fourth-order valence-corrected chi connectivity index (χ4v) is 2.81. The average Bonchev–Trinajstić information content (AvgIpc) is 2.54. The fraction of sp³-hybridized carbons (Fsp3) is 0.727. The normalized spacial score (nSPS) is 38.5. The Labute approximate surface area is 85.3 Å². The second kappa shape index (κ2) is 3.73. The quantitative estimate of drug-likeness (QED) is 0.739. The molecule has 3 nitrogen and oxygen atoms in total. The van der Waals surface area contributed by atoms with E-state index in [0.29, 0.717) is 12.0 Å². The zero-order valence-corrected chi connectivity index (χ0v) is 8.93. The lowest BCUT2D eigenvalue weighted by molar-refractivity contribution is 0.166. The Morgan fingerprint density at radius 3 is 2.71 bits per heavy atom. The summed E-state index contributed by atoms with van der Waals surface area (Å²) in [5.74, 6) is 1.39. The maximum atomic E-state index is 6.19. The van der Waals surface area contributed by atoms with E-state index in [2.05, 4.69) is 18.9 Å². The Morgan fingerprint density at radius 1 is 1.36 bits per heavy atom. The number of nitrogens with zero attached hydrogens (tertiary/aromatic N) is 2. The first kappa shape index (κ1) is 9.71. The van der Waals surface area contributed by atoms with Crippen LogP contribution in [0.5, 0.6) is 0 Å². The lowest BCUT2D eigenvalue weighted by Gasteiger charge is -2.37. The third-order valence-corrected chi connectivity index (χ3v) is 3.30. The minimum Gasteiger partial charge on any atom is -0.326 e. The molecule has 1 aliphatic carbocycles. The van der Waals surface area contributed by atoms with Crippen LogP contribution in [0, 0.1) is 11.8 Å². The second-order valence-electron chi connectivity index (χ2n) is 4.69. The first-order valence-electron chi connectivity index (χ1n) is 5.43. The molecule has 1 fully saturated rings. The van der Waals surface area contributed by atoms with Crippen LogP contribution in [0.2, 0.25) is 0 Å². The van der Waals surface area contributed by atoms with Crippen molar-refractivity contribution >= 4 is 0 Å². The highest BCUT2D eigenvalue weighted by atomic mass is 15.3. The number of hydrogen-bond donors (Lipinski definition) is 1. The maximum Gasteiger partial charge on any atom is 0.0695 e. The lowest BCUT2D eigenvalue weighted by Crippen LogP contribution is -2.42. The van der Waals surface area contributed by atoms with Gasteiger partial charge in [-0.25, -0.2) is 0 Å². The SMILES string of the molecule is CC1CC(C)C(n2cccn2)C(N)C1. The summed E-state index contributed by atoms with van der Waals surface area (Å²) in [5.41, 5.74) is 6.19. The molecule has 14 heavy (non-hydrogen) atoms. The summed E-state index contributed by atoms with van der Waals surface area (Å²) in [5, 5.41) is 4.30. The second-order valence-corrected chi connectivity index (χ2v) is 4.69. The van der Waals surface area contributed by atoms with Crippen molar-refractivity contribution in [2.75, 3.05) is 0 Å². The molecule has 1 aliphatic rings. The van der Waals surface area contributed by atoms with E-state index in [4.69, 9.17) is 5.73 Å². The molecular weight excluding hydrogens is 174 g/mol. The highest BCUT2D eigenvalue weighted by Crippen LogP contribution is 2.35. The summed E-state index contributed by atoms with van der Waals surface area (Å²) < 4.78 is 2.03. The van der Waals surface area contributed by atoms with Crippen molar-refractivity contribution in [3.63, 3.8) is 0 Å². The van der Waals surface area contributed by atoms with E-state index < -0.39 is 0 Å². The van der Waals surface area contributed by atoms with Gasteiger partial charge in [0.2, 0.25) is 0 Å².